The highest BCUT2D eigenvalue weighted by Gasteiger charge is 2.24. The fourth-order valence-corrected chi connectivity index (χ4v) is 5.04. The van der Waals surface area contributed by atoms with Crippen LogP contribution < -0.4 is 21.3 Å². The van der Waals surface area contributed by atoms with Gasteiger partial charge in [-0.05, 0) is 69.4 Å². The summed E-state index contributed by atoms with van der Waals surface area (Å²) >= 11 is 0. The van der Waals surface area contributed by atoms with E-state index in [9.17, 15) is 14.4 Å². The molecule has 0 aromatic heterocycles. The van der Waals surface area contributed by atoms with Crippen LogP contribution in [0.2, 0.25) is 0 Å². The Bertz CT molecular complexity index is 1130. The minimum atomic E-state index is -0.342. The highest BCUT2D eigenvalue weighted by atomic mass is 16.5. The fourth-order valence-electron chi connectivity index (χ4n) is 5.04. The predicted molar refractivity (Wildman–Crippen MR) is 144 cm³/mol. The highest BCUT2D eigenvalue weighted by Crippen LogP contribution is 2.29. The molecule has 2 aromatic rings. The van der Waals surface area contributed by atoms with Crippen LogP contribution in [0, 0.1) is 6.92 Å². The van der Waals surface area contributed by atoms with Crippen molar-refractivity contribution < 1.29 is 19.1 Å². The summed E-state index contributed by atoms with van der Waals surface area (Å²) in [5.41, 5.74) is 9.41. The molecule has 2 fully saturated rings. The van der Waals surface area contributed by atoms with Crippen molar-refractivity contribution in [2.45, 2.75) is 51.1 Å². The van der Waals surface area contributed by atoms with Crippen molar-refractivity contribution in [3.05, 3.63) is 59.2 Å². The topological polar surface area (TPSA) is 117 Å². The van der Waals surface area contributed by atoms with Gasteiger partial charge in [0.25, 0.3) is 11.8 Å². The zero-order valence-corrected chi connectivity index (χ0v) is 21.7. The number of nitrogens with one attached hydrogen (secondary N) is 2. The van der Waals surface area contributed by atoms with Gasteiger partial charge in [0.2, 0.25) is 0 Å². The maximum Gasteiger partial charge on any atom is 0.409 e. The number of aryl methyl sites for hydroxylation is 1. The van der Waals surface area contributed by atoms with E-state index in [-0.39, 0.29) is 30.0 Å². The van der Waals surface area contributed by atoms with Gasteiger partial charge in [0, 0.05) is 49.4 Å². The maximum absolute atomic E-state index is 13.2. The Balaban J connectivity index is 1.57. The van der Waals surface area contributed by atoms with E-state index in [1.165, 1.54) is 7.11 Å². The molecule has 4 N–H and O–H groups in total. The third-order valence-electron chi connectivity index (χ3n) is 7.16. The average molecular weight is 508 g/mol. The number of carbonyl (C=O) groups excluding carboxylic acids is 3. The van der Waals surface area contributed by atoms with Crippen LogP contribution >= 0.6 is 0 Å². The summed E-state index contributed by atoms with van der Waals surface area (Å²) in [7, 11) is 1.38. The molecule has 0 bridgehead atoms. The number of rotatable bonds is 5. The van der Waals surface area contributed by atoms with Crippen molar-refractivity contribution in [2.75, 3.05) is 43.5 Å². The molecule has 0 unspecified atom stereocenters. The molecule has 9 nitrogen and oxygen atoms in total. The van der Waals surface area contributed by atoms with E-state index in [0.29, 0.717) is 43.0 Å². The summed E-state index contributed by atoms with van der Waals surface area (Å²) in [6, 6.07) is 13.1. The summed E-state index contributed by atoms with van der Waals surface area (Å²) < 4.78 is 4.89. The Morgan fingerprint density at radius 1 is 0.919 bits per heavy atom. The second kappa shape index (κ2) is 12.1. The molecule has 0 spiro atoms. The van der Waals surface area contributed by atoms with E-state index < -0.39 is 0 Å². The summed E-state index contributed by atoms with van der Waals surface area (Å²) in [5, 5.41) is 6.17. The number of anilines is 2. The second-order valence-corrected chi connectivity index (χ2v) is 9.94. The van der Waals surface area contributed by atoms with Crippen molar-refractivity contribution in [1.29, 1.82) is 0 Å². The minimum Gasteiger partial charge on any atom is -0.453 e. The molecule has 1 aliphatic heterocycles. The summed E-state index contributed by atoms with van der Waals surface area (Å²) in [4.78, 5) is 42.1. The lowest BCUT2D eigenvalue weighted by Gasteiger charge is -2.28. The third-order valence-corrected chi connectivity index (χ3v) is 7.16. The zero-order chi connectivity index (χ0) is 26.4. The van der Waals surface area contributed by atoms with Gasteiger partial charge in [0.1, 0.15) is 0 Å². The number of ether oxygens (including phenoxy) is 1. The largest absolute Gasteiger partial charge is 0.453 e. The molecule has 2 aliphatic rings. The van der Waals surface area contributed by atoms with Crippen molar-refractivity contribution in [3.63, 3.8) is 0 Å². The molecular formula is C28H37N5O4. The fraction of sp³-hybridized carbons (Fsp3) is 0.464. The first kappa shape index (κ1) is 26.5. The molecule has 1 heterocycles. The summed E-state index contributed by atoms with van der Waals surface area (Å²) in [6.07, 6.45) is 3.95. The van der Waals surface area contributed by atoms with Crippen LogP contribution in [0.4, 0.5) is 16.2 Å². The first-order valence-electron chi connectivity index (χ1n) is 13.0. The van der Waals surface area contributed by atoms with Crippen LogP contribution in [0.5, 0.6) is 0 Å². The van der Waals surface area contributed by atoms with Gasteiger partial charge >= 0.3 is 6.09 Å². The van der Waals surface area contributed by atoms with Crippen LogP contribution in [0.15, 0.2) is 42.5 Å². The number of amides is 3. The van der Waals surface area contributed by atoms with Crippen molar-refractivity contribution in [1.82, 2.24) is 10.2 Å². The Labute approximate surface area is 218 Å². The van der Waals surface area contributed by atoms with Crippen molar-refractivity contribution >= 4 is 29.3 Å². The normalized spacial score (nSPS) is 20.1. The first-order chi connectivity index (χ1) is 17.8. The molecular weight excluding hydrogens is 470 g/mol. The molecule has 1 saturated heterocycles. The molecule has 3 amide bonds. The van der Waals surface area contributed by atoms with E-state index in [4.69, 9.17) is 10.5 Å². The number of nitrogens with two attached hydrogens (primary N) is 1. The molecule has 0 radical (unpaired) electrons. The van der Waals surface area contributed by atoms with E-state index in [1.54, 1.807) is 23.1 Å². The van der Waals surface area contributed by atoms with E-state index in [2.05, 4.69) is 15.5 Å². The molecule has 2 aromatic carbocycles. The van der Waals surface area contributed by atoms with Crippen molar-refractivity contribution in [2.24, 2.45) is 5.73 Å². The lowest BCUT2D eigenvalue weighted by Crippen LogP contribution is -2.40. The molecule has 37 heavy (non-hydrogen) atoms. The van der Waals surface area contributed by atoms with Crippen LogP contribution in [0.3, 0.4) is 0 Å². The molecule has 9 heteroatoms. The number of methoxy groups -OCH3 is 1. The number of benzene rings is 2. The Morgan fingerprint density at radius 2 is 1.68 bits per heavy atom. The number of carbonyl (C=O) groups is 3. The molecule has 1 saturated carbocycles. The first-order valence-corrected chi connectivity index (χ1v) is 13.0. The van der Waals surface area contributed by atoms with Gasteiger partial charge in [0.15, 0.2) is 0 Å². The monoisotopic (exact) mass is 507 g/mol. The third kappa shape index (κ3) is 6.80. The van der Waals surface area contributed by atoms with Gasteiger partial charge in [0.05, 0.1) is 18.5 Å². The molecule has 198 valence electrons. The number of nitrogens with zero attached hydrogens (tertiary/aromatic N) is 2. The zero-order valence-electron chi connectivity index (χ0n) is 21.7. The Morgan fingerprint density at radius 3 is 2.41 bits per heavy atom. The smallest absolute Gasteiger partial charge is 0.409 e. The van der Waals surface area contributed by atoms with Gasteiger partial charge in [-0.3, -0.25) is 9.59 Å². The van der Waals surface area contributed by atoms with Gasteiger partial charge in [-0.25, -0.2) is 4.79 Å². The van der Waals surface area contributed by atoms with Crippen LogP contribution in [-0.2, 0) is 4.74 Å². The van der Waals surface area contributed by atoms with E-state index in [0.717, 1.165) is 43.4 Å². The van der Waals surface area contributed by atoms with Crippen LogP contribution in [0.25, 0.3) is 0 Å². The second-order valence-electron chi connectivity index (χ2n) is 9.94. The average Bonchev–Trinajstić information content (AvgIpc) is 3.16. The highest BCUT2D eigenvalue weighted by molar-refractivity contribution is 6.07. The Kier molecular flexibility index (Phi) is 8.66. The van der Waals surface area contributed by atoms with Gasteiger partial charge in [-0.15, -0.1) is 0 Å². The van der Waals surface area contributed by atoms with Gasteiger partial charge in [-0.1, -0.05) is 17.7 Å². The van der Waals surface area contributed by atoms with Gasteiger partial charge in [-0.2, -0.15) is 0 Å². The van der Waals surface area contributed by atoms with E-state index >= 15 is 0 Å². The molecule has 1 aliphatic carbocycles. The maximum atomic E-state index is 13.2. The van der Waals surface area contributed by atoms with E-state index in [1.807, 2.05) is 31.2 Å². The lowest BCUT2D eigenvalue weighted by molar-refractivity contribution is 0.0924. The predicted octanol–water partition coefficient (Wildman–Crippen LogP) is 3.53. The summed E-state index contributed by atoms with van der Waals surface area (Å²) in [5.74, 6) is -0.402. The summed E-state index contributed by atoms with van der Waals surface area (Å²) in [6.45, 7) is 4.32. The minimum absolute atomic E-state index is 0.104. The number of hydrogen-bond acceptors (Lipinski definition) is 6. The lowest BCUT2D eigenvalue weighted by atomic mass is 9.91. The quantitative estimate of drug-likeness (QED) is 0.570. The standard InChI is InChI=1S/C28H37N5O4/c1-19-5-3-6-20(17-19)27(35)31-24-18-21(26(34)30-23-10-8-22(29)9-11-23)7-12-25(24)32-13-4-14-33(16-15-32)28(36)37-2/h3,5-7,12,17-18,22-23H,4,8-11,13-16,29H2,1-2H3,(H,30,34)(H,31,35). The van der Waals surface area contributed by atoms with Crippen LogP contribution in [-0.4, -0.2) is 68.2 Å². The molecule has 0 atom stereocenters. The van der Waals surface area contributed by atoms with Crippen molar-refractivity contribution in [3.8, 4) is 0 Å². The van der Waals surface area contributed by atoms with Gasteiger partial charge < -0.3 is 30.9 Å². The SMILES string of the molecule is COC(=O)N1CCCN(c2ccc(C(=O)NC3CCC(N)CC3)cc2NC(=O)c2cccc(C)c2)CC1. The Hall–Kier alpha value is -3.59. The molecule has 4 rings (SSSR count). The number of hydrogen-bond donors (Lipinski definition) is 3. The van der Waals surface area contributed by atoms with Crippen LogP contribution in [0.1, 0.15) is 58.4 Å².